The standard InChI is InChI=1S/C18H24ClN5/c1-11-16(12(2)24(4)23-11)10-21-18(20-3)22-17-9-15(17)13-6-5-7-14(19)8-13/h5-8,15,17H,9-10H2,1-4H3,(H2,20,21,22). The van der Waals surface area contributed by atoms with Gasteiger partial charge in [-0.2, -0.15) is 5.10 Å². The number of aromatic nitrogens is 2. The van der Waals surface area contributed by atoms with Crippen molar-refractivity contribution in [1.82, 2.24) is 20.4 Å². The predicted octanol–water partition coefficient (Wildman–Crippen LogP) is 2.91. The molecule has 1 aromatic heterocycles. The quantitative estimate of drug-likeness (QED) is 0.661. The molecule has 1 aliphatic rings. The van der Waals surface area contributed by atoms with Crippen molar-refractivity contribution in [3.63, 3.8) is 0 Å². The molecule has 0 aliphatic heterocycles. The number of rotatable bonds is 4. The maximum absolute atomic E-state index is 6.08. The largest absolute Gasteiger partial charge is 0.353 e. The summed E-state index contributed by atoms with van der Waals surface area (Å²) in [5.41, 5.74) is 4.75. The van der Waals surface area contributed by atoms with Crippen LogP contribution in [0.4, 0.5) is 0 Å². The second-order valence-corrected chi connectivity index (χ2v) is 6.78. The highest BCUT2D eigenvalue weighted by molar-refractivity contribution is 6.30. The van der Waals surface area contributed by atoms with Crippen LogP contribution in [-0.4, -0.2) is 28.8 Å². The van der Waals surface area contributed by atoms with Gasteiger partial charge in [0.15, 0.2) is 5.96 Å². The Morgan fingerprint density at radius 1 is 1.42 bits per heavy atom. The van der Waals surface area contributed by atoms with Crippen LogP contribution in [0, 0.1) is 13.8 Å². The van der Waals surface area contributed by atoms with Crippen molar-refractivity contribution in [3.8, 4) is 0 Å². The smallest absolute Gasteiger partial charge is 0.191 e. The van der Waals surface area contributed by atoms with Crippen molar-refractivity contribution < 1.29 is 0 Å². The molecule has 1 heterocycles. The Hall–Kier alpha value is -2.01. The Morgan fingerprint density at radius 3 is 2.83 bits per heavy atom. The molecule has 1 aromatic carbocycles. The summed E-state index contributed by atoms with van der Waals surface area (Å²) in [7, 11) is 3.77. The van der Waals surface area contributed by atoms with E-state index in [2.05, 4.69) is 33.7 Å². The van der Waals surface area contributed by atoms with Gasteiger partial charge in [-0.05, 0) is 38.0 Å². The first-order chi connectivity index (χ1) is 11.5. The van der Waals surface area contributed by atoms with E-state index in [-0.39, 0.29) is 0 Å². The molecule has 24 heavy (non-hydrogen) atoms. The van der Waals surface area contributed by atoms with Gasteiger partial charge in [0.1, 0.15) is 0 Å². The number of benzene rings is 1. The molecule has 2 aromatic rings. The Kier molecular flexibility index (Phi) is 4.81. The van der Waals surface area contributed by atoms with Crippen LogP contribution in [-0.2, 0) is 13.6 Å². The number of aryl methyl sites for hydroxylation is 2. The topological polar surface area (TPSA) is 54.2 Å². The molecule has 0 spiro atoms. The molecule has 3 rings (SSSR count). The third-order valence-corrected chi connectivity index (χ3v) is 4.94. The fourth-order valence-electron chi connectivity index (χ4n) is 3.08. The van der Waals surface area contributed by atoms with Crippen LogP contribution in [0.15, 0.2) is 29.3 Å². The van der Waals surface area contributed by atoms with Gasteiger partial charge < -0.3 is 10.6 Å². The van der Waals surface area contributed by atoms with Crippen LogP contribution < -0.4 is 10.6 Å². The van der Waals surface area contributed by atoms with E-state index in [0.717, 1.165) is 29.6 Å². The molecule has 2 atom stereocenters. The number of guanidine groups is 1. The molecule has 5 nitrogen and oxygen atoms in total. The van der Waals surface area contributed by atoms with Gasteiger partial charge >= 0.3 is 0 Å². The van der Waals surface area contributed by atoms with E-state index in [0.29, 0.717) is 12.0 Å². The normalized spacial score (nSPS) is 20.1. The molecule has 2 unspecified atom stereocenters. The molecular formula is C18H24ClN5. The number of hydrogen-bond donors (Lipinski definition) is 2. The first kappa shape index (κ1) is 16.8. The summed E-state index contributed by atoms with van der Waals surface area (Å²) in [5.74, 6) is 1.33. The van der Waals surface area contributed by atoms with E-state index < -0.39 is 0 Å². The minimum absolute atomic E-state index is 0.408. The minimum Gasteiger partial charge on any atom is -0.353 e. The minimum atomic E-state index is 0.408. The van der Waals surface area contributed by atoms with Gasteiger partial charge in [-0.25, -0.2) is 0 Å². The molecule has 0 amide bonds. The number of nitrogens with one attached hydrogen (secondary N) is 2. The van der Waals surface area contributed by atoms with Gasteiger partial charge in [-0.15, -0.1) is 0 Å². The first-order valence-electron chi connectivity index (χ1n) is 8.21. The van der Waals surface area contributed by atoms with Gasteiger partial charge in [0.25, 0.3) is 0 Å². The lowest BCUT2D eigenvalue weighted by Crippen LogP contribution is -2.38. The van der Waals surface area contributed by atoms with E-state index >= 15 is 0 Å². The van der Waals surface area contributed by atoms with Gasteiger partial charge in [0.05, 0.1) is 5.69 Å². The highest BCUT2D eigenvalue weighted by atomic mass is 35.5. The summed E-state index contributed by atoms with van der Waals surface area (Å²) < 4.78 is 1.92. The number of aliphatic imine (C=N–C) groups is 1. The van der Waals surface area contributed by atoms with Crippen LogP contribution in [0.25, 0.3) is 0 Å². The summed E-state index contributed by atoms with van der Waals surface area (Å²) in [6.45, 7) is 4.85. The zero-order valence-electron chi connectivity index (χ0n) is 14.6. The second kappa shape index (κ2) is 6.85. The second-order valence-electron chi connectivity index (χ2n) is 6.35. The molecule has 1 fully saturated rings. The third-order valence-electron chi connectivity index (χ3n) is 4.70. The molecule has 0 saturated heterocycles. The third kappa shape index (κ3) is 3.56. The van der Waals surface area contributed by atoms with Crippen LogP contribution in [0.1, 0.15) is 34.9 Å². The molecule has 1 aliphatic carbocycles. The maximum Gasteiger partial charge on any atom is 0.191 e. The highest BCUT2D eigenvalue weighted by Crippen LogP contribution is 2.41. The van der Waals surface area contributed by atoms with Crippen molar-refractivity contribution in [2.24, 2.45) is 12.0 Å². The van der Waals surface area contributed by atoms with Crippen molar-refractivity contribution >= 4 is 17.6 Å². The summed E-state index contributed by atoms with van der Waals surface area (Å²) in [4.78, 5) is 4.34. The van der Waals surface area contributed by atoms with Crippen molar-refractivity contribution in [2.75, 3.05) is 7.05 Å². The summed E-state index contributed by atoms with van der Waals surface area (Å²) >= 11 is 6.08. The van der Waals surface area contributed by atoms with Gasteiger partial charge in [-0.1, -0.05) is 23.7 Å². The SMILES string of the molecule is CN=C(NCc1c(C)nn(C)c1C)NC1CC1c1cccc(Cl)c1. The monoisotopic (exact) mass is 345 g/mol. The molecule has 2 N–H and O–H groups in total. The number of hydrogen-bond acceptors (Lipinski definition) is 2. The van der Waals surface area contributed by atoms with Crippen LogP contribution in [0.2, 0.25) is 5.02 Å². The summed E-state index contributed by atoms with van der Waals surface area (Å²) in [5, 5.41) is 12.1. The molecular weight excluding hydrogens is 322 g/mol. The van der Waals surface area contributed by atoms with E-state index in [9.17, 15) is 0 Å². The average molecular weight is 346 g/mol. The Morgan fingerprint density at radius 2 is 2.21 bits per heavy atom. The Labute approximate surface area is 148 Å². The maximum atomic E-state index is 6.08. The number of halogens is 1. The Bertz CT molecular complexity index is 765. The first-order valence-corrected chi connectivity index (χ1v) is 8.59. The van der Waals surface area contributed by atoms with Crippen molar-refractivity contribution in [1.29, 1.82) is 0 Å². The zero-order chi connectivity index (χ0) is 17.3. The fourth-order valence-corrected chi connectivity index (χ4v) is 3.27. The average Bonchev–Trinajstić information content (AvgIpc) is 3.27. The summed E-state index contributed by atoms with van der Waals surface area (Å²) in [6.07, 6.45) is 1.10. The predicted molar refractivity (Wildman–Crippen MR) is 98.6 cm³/mol. The highest BCUT2D eigenvalue weighted by Gasteiger charge is 2.39. The molecule has 128 valence electrons. The number of nitrogens with zero attached hydrogens (tertiary/aromatic N) is 3. The van der Waals surface area contributed by atoms with E-state index in [1.54, 1.807) is 7.05 Å². The molecule has 0 bridgehead atoms. The molecule has 6 heteroatoms. The van der Waals surface area contributed by atoms with Crippen LogP contribution >= 0.6 is 11.6 Å². The van der Waals surface area contributed by atoms with Crippen molar-refractivity contribution in [3.05, 3.63) is 51.8 Å². The lowest BCUT2D eigenvalue weighted by Gasteiger charge is -2.12. The lowest BCUT2D eigenvalue weighted by atomic mass is 10.1. The lowest BCUT2D eigenvalue weighted by molar-refractivity contribution is 0.728. The fraction of sp³-hybridized carbons (Fsp3) is 0.444. The Balaban J connectivity index is 1.57. The molecule has 1 saturated carbocycles. The summed E-state index contributed by atoms with van der Waals surface area (Å²) in [6, 6.07) is 8.51. The van der Waals surface area contributed by atoms with E-state index in [1.165, 1.54) is 16.8 Å². The van der Waals surface area contributed by atoms with E-state index in [1.807, 2.05) is 36.9 Å². The van der Waals surface area contributed by atoms with Crippen LogP contribution in [0.5, 0.6) is 0 Å². The van der Waals surface area contributed by atoms with Crippen LogP contribution in [0.3, 0.4) is 0 Å². The zero-order valence-corrected chi connectivity index (χ0v) is 15.4. The van der Waals surface area contributed by atoms with Gasteiger partial charge in [0.2, 0.25) is 0 Å². The van der Waals surface area contributed by atoms with Gasteiger partial charge in [-0.3, -0.25) is 9.67 Å². The molecule has 0 radical (unpaired) electrons. The van der Waals surface area contributed by atoms with Crippen molar-refractivity contribution in [2.45, 2.75) is 38.8 Å². The van der Waals surface area contributed by atoms with E-state index in [4.69, 9.17) is 11.6 Å². The van der Waals surface area contributed by atoms with Gasteiger partial charge in [0, 0.05) is 48.9 Å².